The molecule has 0 spiro atoms. The van der Waals surface area contributed by atoms with Crippen molar-refractivity contribution in [2.24, 2.45) is 0 Å². The summed E-state index contributed by atoms with van der Waals surface area (Å²) >= 11 is 0. The summed E-state index contributed by atoms with van der Waals surface area (Å²) in [5.41, 5.74) is 0. The van der Waals surface area contributed by atoms with Gasteiger partial charge in [0.05, 0.1) is 22.9 Å². The quantitative estimate of drug-likeness (QED) is 0.210. The van der Waals surface area contributed by atoms with E-state index in [1.54, 1.807) is 7.11 Å². The summed E-state index contributed by atoms with van der Waals surface area (Å²) in [5.74, 6) is 0.892. The Bertz CT molecular complexity index is 1240. The Labute approximate surface area is 205 Å². The lowest BCUT2D eigenvalue weighted by Gasteiger charge is -2.08. The Morgan fingerprint density at radius 1 is 0.629 bits per heavy atom. The first-order valence-corrected chi connectivity index (χ1v) is 12.9. The third kappa shape index (κ3) is 7.88. The third-order valence-electron chi connectivity index (χ3n) is 4.49. The molecule has 0 aromatic heterocycles. The Morgan fingerprint density at radius 3 is 1.43 bits per heavy atom. The van der Waals surface area contributed by atoms with Crippen molar-refractivity contribution >= 4 is 21.0 Å². The number of methoxy groups -OCH3 is 1. The van der Waals surface area contributed by atoms with Crippen molar-refractivity contribution in [1.82, 2.24) is 0 Å². The van der Waals surface area contributed by atoms with Crippen LogP contribution in [0.25, 0.3) is 0 Å². The largest absolute Gasteiger partial charge is 0.537 e. The normalized spacial score (nSPS) is 11.5. The maximum Gasteiger partial charge on any atom is 0.537 e. The average molecular weight is 520 g/mol. The second-order valence-electron chi connectivity index (χ2n) is 6.90. The zero-order valence-electron chi connectivity index (χ0n) is 18.6. The molecular formula is C26H22F3O4S2+. The van der Waals surface area contributed by atoms with Crippen LogP contribution in [0.15, 0.2) is 135 Å². The third-order valence-corrected chi connectivity index (χ3v) is 7.98. The summed E-state index contributed by atoms with van der Waals surface area (Å²) < 4.78 is 65.0. The van der Waals surface area contributed by atoms with Crippen LogP contribution in [0.5, 0.6) is 5.75 Å². The van der Waals surface area contributed by atoms with Crippen molar-refractivity contribution in [3.05, 3.63) is 115 Å². The van der Waals surface area contributed by atoms with Crippen LogP contribution in [-0.4, -0.2) is 21.9 Å². The predicted octanol–water partition coefficient (Wildman–Crippen LogP) is 6.70. The highest BCUT2D eigenvalue weighted by Gasteiger charge is 2.37. The minimum Gasteiger partial charge on any atom is -0.497 e. The van der Waals surface area contributed by atoms with Gasteiger partial charge in [0.1, 0.15) is 5.75 Å². The second-order valence-corrected chi connectivity index (χ2v) is 10.5. The van der Waals surface area contributed by atoms with Crippen LogP contribution < -0.4 is 4.74 Å². The molecule has 4 rings (SSSR count). The lowest BCUT2D eigenvalue weighted by Crippen LogP contribution is -2.19. The van der Waals surface area contributed by atoms with Gasteiger partial charge in [0.2, 0.25) is 0 Å². The smallest absolute Gasteiger partial charge is 0.497 e. The first-order chi connectivity index (χ1) is 16.7. The topological polar surface area (TPSA) is 52.6 Å². The first-order valence-electron chi connectivity index (χ1n) is 10.3. The second kappa shape index (κ2) is 11.9. The molecule has 9 heteroatoms. The molecular weight excluding hydrogens is 497 g/mol. The van der Waals surface area contributed by atoms with E-state index in [-0.39, 0.29) is 10.9 Å². The average Bonchev–Trinajstić information content (AvgIpc) is 2.86. The summed E-state index contributed by atoms with van der Waals surface area (Å²) in [5, 5.41) is 0. The van der Waals surface area contributed by atoms with E-state index >= 15 is 0 Å². The SMILES string of the molecule is COc1ccc([S+](c2ccccc2)c2ccccc2)cc1.O=S(=O)(OC(F)(F)F)c1ccccc1. The highest BCUT2D eigenvalue weighted by molar-refractivity contribution is 7.97. The molecule has 4 aromatic rings. The fraction of sp³-hybridized carbons (Fsp3) is 0.0769. The van der Waals surface area contributed by atoms with Crippen LogP contribution in [0.1, 0.15) is 0 Å². The van der Waals surface area contributed by atoms with Gasteiger partial charge in [0.25, 0.3) is 0 Å². The number of hydrogen-bond acceptors (Lipinski definition) is 4. The van der Waals surface area contributed by atoms with Crippen LogP contribution in [0.3, 0.4) is 0 Å². The zero-order valence-corrected chi connectivity index (χ0v) is 20.2. The van der Waals surface area contributed by atoms with E-state index in [0.29, 0.717) is 0 Å². The van der Waals surface area contributed by atoms with Gasteiger partial charge in [-0.15, -0.1) is 13.2 Å². The summed E-state index contributed by atoms with van der Waals surface area (Å²) in [6.07, 6.45) is -5.20. The van der Waals surface area contributed by atoms with E-state index in [1.165, 1.54) is 32.9 Å². The molecule has 0 aliphatic heterocycles. The van der Waals surface area contributed by atoms with Gasteiger partial charge in [-0.3, -0.25) is 0 Å². The van der Waals surface area contributed by atoms with Crippen molar-refractivity contribution in [3.63, 3.8) is 0 Å². The van der Waals surface area contributed by atoms with E-state index in [9.17, 15) is 21.6 Å². The molecule has 4 aromatic carbocycles. The minimum absolute atomic E-state index is 0.0804. The maximum absolute atomic E-state index is 11.6. The number of benzene rings is 4. The highest BCUT2D eigenvalue weighted by Crippen LogP contribution is 2.31. The molecule has 4 nitrogen and oxygen atoms in total. The zero-order chi connectivity index (χ0) is 25.3. The Kier molecular flexibility index (Phi) is 8.97. The monoisotopic (exact) mass is 519 g/mol. The summed E-state index contributed by atoms with van der Waals surface area (Å²) in [6.45, 7) is 0. The molecule has 0 bridgehead atoms. The van der Waals surface area contributed by atoms with E-state index in [4.69, 9.17) is 4.74 Å². The molecule has 35 heavy (non-hydrogen) atoms. The molecule has 0 atom stereocenters. The predicted molar refractivity (Wildman–Crippen MR) is 129 cm³/mol. The number of hydrogen-bond donors (Lipinski definition) is 0. The van der Waals surface area contributed by atoms with Gasteiger partial charge in [-0.25, -0.2) is 0 Å². The number of ether oxygens (including phenoxy) is 1. The fourth-order valence-corrected chi connectivity index (χ4v) is 5.91. The van der Waals surface area contributed by atoms with Crippen LogP contribution in [-0.2, 0) is 25.2 Å². The molecule has 0 heterocycles. The van der Waals surface area contributed by atoms with Gasteiger partial charge in [0.15, 0.2) is 14.7 Å². The lowest BCUT2D eigenvalue weighted by atomic mass is 10.3. The number of halogens is 3. The molecule has 0 N–H and O–H groups in total. The van der Waals surface area contributed by atoms with Gasteiger partial charge in [-0.2, -0.15) is 12.6 Å². The molecule has 0 radical (unpaired) electrons. The molecule has 0 saturated carbocycles. The fourth-order valence-electron chi connectivity index (χ4n) is 2.99. The number of rotatable bonds is 6. The van der Waals surface area contributed by atoms with Crippen molar-refractivity contribution < 1.29 is 30.5 Å². The maximum atomic E-state index is 11.6. The highest BCUT2D eigenvalue weighted by atomic mass is 32.2. The van der Waals surface area contributed by atoms with Crippen LogP contribution >= 0.6 is 0 Å². The van der Waals surface area contributed by atoms with E-state index in [0.717, 1.165) is 17.9 Å². The summed E-state index contributed by atoms with van der Waals surface area (Å²) in [4.78, 5) is 3.42. The van der Waals surface area contributed by atoms with Crippen molar-refractivity contribution in [3.8, 4) is 5.75 Å². The molecule has 182 valence electrons. The van der Waals surface area contributed by atoms with Gasteiger partial charge in [-0.05, 0) is 60.7 Å². The van der Waals surface area contributed by atoms with Crippen LogP contribution in [0.4, 0.5) is 13.2 Å². The number of alkyl halides is 3. The van der Waals surface area contributed by atoms with Crippen molar-refractivity contribution in [1.29, 1.82) is 0 Å². The Morgan fingerprint density at radius 2 is 1.03 bits per heavy atom. The molecule has 0 saturated heterocycles. The molecule has 0 unspecified atom stereocenters. The van der Waals surface area contributed by atoms with E-state index < -0.39 is 21.4 Å². The lowest BCUT2D eigenvalue weighted by molar-refractivity contribution is -0.271. The minimum atomic E-state index is -5.20. The van der Waals surface area contributed by atoms with Crippen LogP contribution in [0.2, 0.25) is 0 Å². The van der Waals surface area contributed by atoms with Gasteiger partial charge in [0, 0.05) is 0 Å². The van der Waals surface area contributed by atoms with Gasteiger partial charge >= 0.3 is 16.5 Å². The van der Waals surface area contributed by atoms with E-state index in [2.05, 4.69) is 77.0 Å². The summed E-state index contributed by atoms with van der Waals surface area (Å²) in [7, 11) is -3.13. The Balaban J connectivity index is 0.000000214. The standard InChI is InChI=1S/C19H17OS.C7H5F3O3S/c1-20-16-12-14-19(15-13-16)21(17-8-4-2-5-9-17)18-10-6-3-7-11-18;8-7(9,10)13-14(11,12)6-4-2-1-3-5-6/h2-15H,1H3;1-5H/q+1;. The molecule has 0 fully saturated rings. The van der Waals surface area contributed by atoms with Gasteiger partial charge < -0.3 is 4.74 Å². The first kappa shape index (κ1) is 26.3. The Hall–Kier alpha value is -3.27. The molecule has 0 amide bonds. The molecule has 0 aliphatic rings. The van der Waals surface area contributed by atoms with Crippen molar-refractivity contribution in [2.45, 2.75) is 25.9 Å². The molecule has 0 aliphatic carbocycles. The summed E-state index contributed by atoms with van der Waals surface area (Å²) in [6, 6.07) is 35.8. The van der Waals surface area contributed by atoms with E-state index in [1.807, 2.05) is 12.1 Å². The van der Waals surface area contributed by atoms with Crippen LogP contribution in [0, 0.1) is 0 Å². The van der Waals surface area contributed by atoms with Gasteiger partial charge in [-0.1, -0.05) is 54.6 Å². The van der Waals surface area contributed by atoms with Crippen molar-refractivity contribution in [2.75, 3.05) is 7.11 Å².